The number of nitrogens with two attached hydrogens (primary N) is 4. The lowest BCUT2D eigenvalue weighted by molar-refractivity contribution is -0.143. The van der Waals surface area contributed by atoms with Gasteiger partial charge in [-0.2, -0.15) is 0 Å². The van der Waals surface area contributed by atoms with E-state index in [1.54, 1.807) is 67.6 Å². The Kier molecular flexibility index (Phi) is 28.0. The maximum absolute atomic E-state index is 15.0. The maximum Gasteiger partial charge on any atom is 0.246 e. The minimum absolute atomic E-state index is 0.00820. The molecule has 3 aliphatic rings. The van der Waals surface area contributed by atoms with Crippen LogP contribution in [0.5, 0.6) is 0 Å². The second-order valence-electron chi connectivity index (χ2n) is 22.6. The number of nitrogens with one attached hydrogen (secondary N) is 8. The van der Waals surface area contributed by atoms with Crippen molar-refractivity contribution in [2.45, 2.75) is 166 Å². The molecule has 3 fully saturated rings. The zero-order valence-electron chi connectivity index (χ0n) is 49.8. The average Bonchev–Trinajstić information content (AvgIpc) is 3.18. The van der Waals surface area contributed by atoms with Crippen LogP contribution in [0.25, 0.3) is 0 Å². The van der Waals surface area contributed by atoms with Gasteiger partial charge in [0.2, 0.25) is 65.0 Å². The topological polar surface area (TPSA) is 407 Å². The molecule has 0 aliphatic carbocycles. The zero-order chi connectivity index (χ0) is 62.9. The van der Waals surface area contributed by atoms with Crippen molar-refractivity contribution in [3.63, 3.8) is 0 Å². The van der Waals surface area contributed by atoms with Gasteiger partial charge in [0.1, 0.15) is 54.4 Å². The van der Waals surface area contributed by atoms with Gasteiger partial charge in [0, 0.05) is 38.2 Å². The molecule has 0 bridgehead atoms. The number of carbonyl (C=O) groups is 11. The highest BCUT2D eigenvalue weighted by molar-refractivity contribution is 8.00. The molecule has 11 amide bonds. The second-order valence-corrected chi connectivity index (χ2v) is 23.6. The number of rotatable bonds is 17. The summed E-state index contributed by atoms with van der Waals surface area (Å²) in [4.78, 5) is 163. The fourth-order valence-corrected chi connectivity index (χ4v) is 11.5. The van der Waals surface area contributed by atoms with Crippen molar-refractivity contribution in [2.24, 2.45) is 39.8 Å². The normalized spacial score (nSPS) is 25.4. The molecule has 10 atom stereocenters. The van der Waals surface area contributed by atoms with E-state index in [1.165, 1.54) is 9.80 Å². The molecule has 3 aliphatic heterocycles. The van der Waals surface area contributed by atoms with E-state index in [0.717, 1.165) is 11.8 Å². The number of aliphatic imine (C=N–C) groups is 1. The molecule has 472 valence electrons. The fraction of sp³-hybridized carbons (Fsp3) is 0.593. The quantitative estimate of drug-likeness (QED) is 0.0486. The molecular formula is C59H89N15O11S. The van der Waals surface area contributed by atoms with Crippen LogP contribution in [0.15, 0.2) is 65.7 Å². The number of hydrogen-bond donors (Lipinski definition) is 12. The maximum atomic E-state index is 15.0. The Labute approximate surface area is 507 Å². The number of primary amides is 1. The third-order valence-corrected chi connectivity index (χ3v) is 16.4. The summed E-state index contributed by atoms with van der Waals surface area (Å²) in [5, 5.41) is 22.0. The van der Waals surface area contributed by atoms with Crippen LogP contribution in [0.3, 0.4) is 0 Å². The predicted octanol–water partition coefficient (Wildman–Crippen LogP) is -1.53. The number of nitrogens with zero attached hydrogens (tertiary/aromatic N) is 3. The average molecular weight is 1220 g/mol. The van der Waals surface area contributed by atoms with Gasteiger partial charge < -0.3 is 75.3 Å². The van der Waals surface area contributed by atoms with Gasteiger partial charge in [-0.3, -0.25) is 57.7 Å². The van der Waals surface area contributed by atoms with Crippen molar-refractivity contribution in [1.29, 1.82) is 0 Å². The first-order chi connectivity index (χ1) is 41.1. The van der Waals surface area contributed by atoms with E-state index in [0.29, 0.717) is 43.2 Å². The number of thioether (sulfide) groups is 1. The first-order valence-corrected chi connectivity index (χ1v) is 31.0. The predicted molar refractivity (Wildman–Crippen MR) is 325 cm³/mol. The molecule has 0 aromatic heterocycles. The lowest BCUT2D eigenvalue weighted by Crippen LogP contribution is -2.61. The molecule has 3 heterocycles. The van der Waals surface area contributed by atoms with Crippen molar-refractivity contribution in [3.8, 4) is 0 Å². The molecule has 0 radical (unpaired) electrons. The van der Waals surface area contributed by atoms with Crippen LogP contribution in [-0.4, -0.2) is 179 Å². The molecule has 0 spiro atoms. The van der Waals surface area contributed by atoms with Gasteiger partial charge in [-0.15, -0.1) is 11.8 Å². The Morgan fingerprint density at radius 1 is 0.605 bits per heavy atom. The first kappa shape index (κ1) is 69.0. The summed E-state index contributed by atoms with van der Waals surface area (Å²) in [5.41, 5.74) is 24.0. The number of fused-ring (bicyclic) bond motifs is 2. The largest absolute Gasteiger partial charge is 0.370 e. The lowest BCUT2D eigenvalue weighted by Gasteiger charge is -2.32. The summed E-state index contributed by atoms with van der Waals surface area (Å²) in [6, 6.07) is 7.04. The van der Waals surface area contributed by atoms with E-state index in [9.17, 15) is 47.9 Å². The fourth-order valence-electron chi connectivity index (χ4n) is 10.6. The number of benzene rings is 2. The number of hydrogen-bond acceptors (Lipinski definition) is 14. The highest BCUT2D eigenvalue weighted by atomic mass is 32.2. The molecule has 5 rings (SSSR count). The van der Waals surface area contributed by atoms with Crippen LogP contribution in [0.1, 0.15) is 109 Å². The van der Waals surface area contributed by atoms with Gasteiger partial charge in [0.05, 0.1) is 12.3 Å². The Morgan fingerprint density at radius 3 is 1.65 bits per heavy atom. The first-order valence-electron chi connectivity index (χ1n) is 29.8. The zero-order valence-corrected chi connectivity index (χ0v) is 50.6. The van der Waals surface area contributed by atoms with Gasteiger partial charge in [-0.1, -0.05) is 94.8 Å². The van der Waals surface area contributed by atoms with Crippen LogP contribution < -0.4 is 65.5 Å². The van der Waals surface area contributed by atoms with Crippen LogP contribution in [0.4, 0.5) is 0 Å². The van der Waals surface area contributed by atoms with Crippen LogP contribution >= 0.6 is 11.8 Å². The van der Waals surface area contributed by atoms with E-state index in [1.807, 2.05) is 20.8 Å². The van der Waals surface area contributed by atoms with Crippen LogP contribution in [0.2, 0.25) is 0 Å². The third-order valence-electron chi connectivity index (χ3n) is 15.4. The SMILES string of the molecule is CC[C@H](C)[C@@H]1NC(=O)[C@H](CC(C)C)NC(=O)[C@@H]2CCCN2C(=O)[C@H](Cc2ccccc2)NC(=O)CSC[C@@H](C(N)=O)NC(=O)CNC(=O)[C@H](CCCCN)NC(=O)[C@H](CCCN=C(N)N)NC(=O)[C@@H]2CCCN2C(=O)[C@H](Cc2ccccc2)NC1=O. The van der Waals surface area contributed by atoms with Crippen LogP contribution in [0, 0.1) is 11.8 Å². The second kappa shape index (κ2) is 35.0. The van der Waals surface area contributed by atoms with E-state index < -0.39 is 132 Å². The van der Waals surface area contributed by atoms with E-state index in [4.69, 9.17) is 22.9 Å². The van der Waals surface area contributed by atoms with Gasteiger partial charge in [0.25, 0.3) is 0 Å². The van der Waals surface area contributed by atoms with Gasteiger partial charge in [-0.05, 0) is 93.7 Å². The monoisotopic (exact) mass is 1220 g/mol. The van der Waals surface area contributed by atoms with Gasteiger partial charge in [0.15, 0.2) is 5.96 Å². The van der Waals surface area contributed by atoms with Crippen molar-refractivity contribution in [2.75, 3.05) is 44.2 Å². The van der Waals surface area contributed by atoms with Crippen LogP contribution in [-0.2, 0) is 65.6 Å². The summed E-state index contributed by atoms with van der Waals surface area (Å²) in [5.74, 6) is -9.02. The molecule has 0 unspecified atom stereocenters. The number of unbranched alkanes of at least 4 members (excludes halogenated alkanes) is 1. The molecule has 2 aromatic carbocycles. The van der Waals surface area contributed by atoms with E-state index in [2.05, 4.69) is 47.5 Å². The van der Waals surface area contributed by atoms with Crippen molar-refractivity contribution >= 4 is 82.7 Å². The Morgan fingerprint density at radius 2 is 1.12 bits per heavy atom. The van der Waals surface area contributed by atoms with Crippen molar-refractivity contribution < 1.29 is 52.7 Å². The lowest BCUT2D eigenvalue weighted by atomic mass is 9.95. The van der Waals surface area contributed by atoms with Crippen molar-refractivity contribution in [1.82, 2.24) is 52.3 Å². The van der Waals surface area contributed by atoms with Gasteiger partial charge >= 0.3 is 0 Å². The van der Waals surface area contributed by atoms with Crippen molar-refractivity contribution in [3.05, 3.63) is 71.8 Å². The Balaban J connectivity index is 1.53. The summed E-state index contributed by atoms with van der Waals surface area (Å²) in [7, 11) is 0. The highest BCUT2D eigenvalue weighted by Crippen LogP contribution is 2.24. The molecule has 16 N–H and O–H groups in total. The number of carbonyl (C=O) groups excluding carboxylic acids is 11. The summed E-state index contributed by atoms with van der Waals surface area (Å²) >= 11 is 0.943. The van der Waals surface area contributed by atoms with E-state index >= 15 is 4.79 Å². The van der Waals surface area contributed by atoms with E-state index in [-0.39, 0.29) is 101 Å². The van der Waals surface area contributed by atoms with Gasteiger partial charge in [-0.25, -0.2) is 0 Å². The number of guanidine groups is 1. The highest BCUT2D eigenvalue weighted by Gasteiger charge is 2.43. The Bertz CT molecular complexity index is 2680. The summed E-state index contributed by atoms with van der Waals surface area (Å²) in [6.07, 6.45) is 2.95. The summed E-state index contributed by atoms with van der Waals surface area (Å²) < 4.78 is 0. The minimum atomic E-state index is -1.32. The molecule has 0 saturated carbocycles. The Hall–Kier alpha value is -7.81. The molecule has 26 nitrogen and oxygen atoms in total. The molecule has 2 aromatic rings. The standard InChI is InChI=1S/C59H89N15O11S/c1-5-36(4)49-56(83)71-43(31-38-19-10-7-11-20-38)58(85)74-28-15-23-45(74)54(81)69-40(22-14-26-64-59(62)63)52(79)68-39(21-12-13-25-60)51(78)65-32-47(75)67-44(50(61)77)33-86-34-48(76)66-42(30-37-17-8-6-9-18-37)57(84)73-27-16-24-46(73)55(82)70-41(29-35(2)3)53(80)72-49/h6-11,17-20,35-36,39-46,49H,5,12-16,21-34,60H2,1-4H3,(H2,61,77)(H,65,78)(H,66,76)(H,67,75)(H,68,79)(H,69,81)(H,70,82)(H,71,83)(H,72,80)(H4,62,63,64)/t36-,39-,40-,41-,42-,43-,44-,45-,46-,49-/m0/s1. The minimum Gasteiger partial charge on any atom is -0.370 e. The smallest absolute Gasteiger partial charge is 0.246 e. The molecule has 27 heteroatoms. The number of amides is 11. The molecule has 3 saturated heterocycles. The summed E-state index contributed by atoms with van der Waals surface area (Å²) in [6.45, 7) is 7.31. The third kappa shape index (κ3) is 21.6. The molecular weight excluding hydrogens is 1130 g/mol. The molecule has 86 heavy (non-hydrogen) atoms.